The van der Waals surface area contributed by atoms with Gasteiger partial charge >= 0.3 is 6.18 Å². The third kappa shape index (κ3) is 10.9. The second kappa shape index (κ2) is 9.84. The van der Waals surface area contributed by atoms with E-state index in [0.717, 1.165) is 6.26 Å². The van der Waals surface area contributed by atoms with Crippen molar-refractivity contribution in [3.63, 3.8) is 0 Å². The number of rotatable bonds is 6. The number of alkyl halides is 3. The molecule has 1 rings (SSSR count). The number of guanidine groups is 1. The zero-order chi connectivity index (χ0) is 16.8. The van der Waals surface area contributed by atoms with E-state index >= 15 is 0 Å². The van der Waals surface area contributed by atoms with E-state index in [1.54, 1.807) is 7.05 Å². The van der Waals surface area contributed by atoms with Crippen molar-refractivity contribution in [2.24, 2.45) is 4.99 Å². The number of nitrogens with one attached hydrogen (secondary N) is 3. The minimum atomic E-state index is -4.19. The SMILES string of the molecule is CN=C(NCCNS(C)(=O)=O)NC1CCN(CC(F)(F)F)C1.I. The molecule has 0 aromatic heterocycles. The monoisotopic (exact) mass is 473 g/mol. The summed E-state index contributed by atoms with van der Waals surface area (Å²) in [6.45, 7) is 0.289. The zero-order valence-corrected chi connectivity index (χ0v) is 16.1. The summed E-state index contributed by atoms with van der Waals surface area (Å²) in [5.74, 6) is 0.439. The standard InChI is InChI=1S/C11H22F3N5O2S.HI/c1-15-10(16-4-5-17-22(2,20)21)18-9-3-6-19(7-9)8-11(12,13)14;/h9,17H,3-8H2,1-2H3,(H2,15,16,18);1H. The fourth-order valence-corrected chi connectivity index (χ4v) is 2.63. The first-order valence-corrected chi connectivity index (χ1v) is 8.69. The molecule has 0 aromatic rings. The van der Waals surface area contributed by atoms with Crippen molar-refractivity contribution in [2.45, 2.75) is 18.6 Å². The Bertz CT molecular complexity index is 487. The molecular weight excluding hydrogens is 450 g/mol. The number of sulfonamides is 1. The van der Waals surface area contributed by atoms with Crippen LogP contribution in [0.5, 0.6) is 0 Å². The van der Waals surface area contributed by atoms with Gasteiger partial charge in [0.2, 0.25) is 10.0 Å². The molecule has 0 spiro atoms. The van der Waals surface area contributed by atoms with E-state index < -0.39 is 22.7 Å². The summed E-state index contributed by atoms with van der Waals surface area (Å²) in [5, 5.41) is 5.93. The lowest BCUT2D eigenvalue weighted by Gasteiger charge is -2.19. The zero-order valence-electron chi connectivity index (χ0n) is 13.0. The highest BCUT2D eigenvalue weighted by Crippen LogP contribution is 2.19. The van der Waals surface area contributed by atoms with E-state index in [2.05, 4.69) is 20.3 Å². The Kier molecular flexibility index (Phi) is 9.69. The molecule has 138 valence electrons. The Balaban J connectivity index is 0.00000484. The van der Waals surface area contributed by atoms with Crippen molar-refractivity contribution in [2.75, 3.05) is 46.0 Å². The molecule has 1 heterocycles. The molecule has 1 aliphatic rings. The van der Waals surface area contributed by atoms with Gasteiger partial charge in [0.15, 0.2) is 5.96 Å². The highest BCUT2D eigenvalue weighted by molar-refractivity contribution is 14.0. The smallest absolute Gasteiger partial charge is 0.355 e. The molecule has 0 aliphatic carbocycles. The summed E-state index contributed by atoms with van der Waals surface area (Å²) in [5.41, 5.74) is 0. The first kappa shape index (κ1) is 22.7. The quantitative estimate of drug-likeness (QED) is 0.218. The van der Waals surface area contributed by atoms with Gasteiger partial charge in [-0.15, -0.1) is 24.0 Å². The molecule has 12 heteroatoms. The van der Waals surface area contributed by atoms with Gasteiger partial charge in [-0.05, 0) is 6.42 Å². The predicted molar refractivity (Wildman–Crippen MR) is 93.7 cm³/mol. The average molecular weight is 473 g/mol. The molecule has 1 aliphatic heterocycles. The summed E-state index contributed by atoms with van der Waals surface area (Å²) in [4.78, 5) is 5.31. The number of aliphatic imine (C=N–C) groups is 1. The number of nitrogens with zero attached hydrogens (tertiary/aromatic N) is 2. The van der Waals surface area contributed by atoms with Crippen LogP contribution in [0.4, 0.5) is 13.2 Å². The molecule has 0 amide bonds. The number of hydrogen-bond acceptors (Lipinski definition) is 4. The molecule has 0 saturated carbocycles. The molecule has 1 unspecified atom stereocenters. The van der Waals surface area contributed by atoms with Gasteiger partial charge in [0.05, 0.1) is 12.8 Å². The van der Waals surface area contributed by atoms with Gasteiger partial charge in [-0.25, -0.2) is 13.1 Å². The Labute approximate surface area is 151 Å². The van der Waals surface area contributed by atoms with Crippen molar-refractivity contribution < 1.29 is 21.6 Å². The Morgan fingerprint density at radius 1 is 1.35 bits per heavy atom. The topological polar surface area (TPSA) is 85.8 Å². The fourth-order valence-electron chi connectivity index (χ4n) is 2.15. The summed E-state index contributed by atoms with van der Waals surface area (Å²) in [6.07, 6.45) is -2.53. The molecule has 1 fully saturated rings. The molecule has 3 N–H and O–H groups in total. The van der Waals surface area contributed by atoms with E-state index in [9.17, 15) is 21.6 Å². The molecule has 0 radical (unpaired) electrons. The summed E-state index contributed by atoms with van der Waals surface area (Å²) in [6, 6.07) is -0.114. The van der Waals surface area contributed by atoms with E-state index in [-0.39, 0.29) is 36.6 Å². The van der Waals surface area contributed by atoms with E-state index in [1.165, 1.54) is 4.90 Å². The summed E-state index contributed by atoms with van der Waals surface area (Å²) < 4.78 is 61.0. The maximum absolute atomic E-state index is 12.3. The van der Waals surface area contributed by atoms with Crippen LogP contribution in [-0.2, 0) is 10.0 Å². The third-order valence-corrected chi connectivity index (χ3v) is 3.75. The van der Waals surface area contributed by atoms with Crippen molar-refractivity contribution in [3.05, 3.63) is 0 Å². The van der Waals surface area contributed by atoms with Gasteiger partial charge in [-0.3, -0.25) is 9.89 Å². The van der Waals surface area contributed by atoms with Crippen LogP contribution in [0.3, 0.4) is 0 Å². The minimum absolute atomic E-state index is 0. The van der Waals surface area contributed by atoms with Gasteiger partial charge in [0.25, 0.3) is 0 Å². The molecule has 0 aromatic carbocycles. The number of likely N-dealkylation sites (tertiary alicyclic amines) is 1. The molecule has 1 atom stereocenters. The maximum Gasteiger partial charge on any atom is 0.401 e. The summed E-state index contributed by atoms with van der Waals surface area (Å²) in [7, 11) is -1.70. The van der Waals surface area contributed by atoms with Crippen molar-refractivity contribution in [3.8, 4) is 0 Å². The Hall–Kier alpha value is -0.340. The number of halogens is 4. The first-order valence-electron chi connectivity index (χ1n) is 6.80. The molecule has 1 saturated heterocycles. The van der Waals surface area contributed by atoms with Crippen LogP contribution in [-0.4, -0.2) is 77.5 Å². The van der Waals surface area contributed by atoms with Crippen molar-refractivity contribution >= 4 is 40.0 Å². The van der Waals surface area contributed by atoms with Crippen molar-refractivity contribution in [1.29, 1.82) is 0 Å². The summed E-state index contributed by atoms with van der Waals surface area (Å²) >= 11 is 0. The lowest BCUT2D eigenvalue weighted by molar-refractivity contribution is -0.143. The Morgan fingerprint density at radius 3 is 2.52 bits per heavy atom. The normalized spacial score (nSPS) is 20.2. The molecule has 23 heavy (non-hydrogen) atoms. The van der Waals surface area contributed by atoms with Gasteiger partial charge in [-0.2, -0.15) is 13.2 Å². The van der Waals surface area contributed by atoms with E-state index in [4.69, 9.17) is 0 Å². The van der Waals surface area contributed by atoms with E-state index in [1.807, 2.05) is 0 Å². The third-order valence-electron chi connectivity index (χ3n) is 3.02. The number of hydrogen-bond donors (Lipinski definition) is 3. The molecule has 0 bridgehead atoms. The highest BCUT2D eigenvalue weighted by atomic mass is 127. The van der Waals surface area contributed by atoms with Gasteiger partial charge in [0, 0.05) is 39.3 Å². The van der Waals surface area contributed by atoms with Crippen LogP contribution < -0.4 is 15.4 Å². The van der Waals surface area contributed by atoms with Crippen LogP contribution in [0.15, 0.2) is 4.99 Å². The lowest BCUT2D eigenvalue weighted by atomic mass is 10.3. The van der Waals surface area contributed by atoms with Gasteiger partial charge < -0.3 is 10.6 Å². The van der Waals surface area contributed by atoms with Crippen LogP contribution in [0, 0.1) is 0 Å². The second-order valence-corrected chi connectivity index (χ2v) is 6.98. The van der Waals surface area contributed by atoms with Gasteiger partial charge in [-0.1, -0.05) is 0 Å². The van der Waals surface area contributed by atoms with Crippen LogP contribution in [0.1, 0.15) is 6.42 Å². The molecular formula is C11H23F3IN5O2S. The van der Waals surface area contributed by atoms with E-state index in [0.29, 0.717) is 32.0 Å². The fraction of sp³-hybridized carbons (Fsp3) is 0.909. The van der Waals surface area contributed by atoms with Crippen LogP contribution in [0.25, 0.3) is 0 Å². The molecule has 7 nitrogen and oxygen atoms in total. The Morgan fingerprint density at radius 2 is 2.00 bits per heavy atom. The lowest BCUT2D eigenvalue weighted by Crippen LogP contribution is -2.46. The van der Waals surface area contributed by atoms with Crippen LogP contribution in [0.2, 0.25) is 0 Å². The predicted octanol–water partition coefficient (Wildman–Crippen LogP) is -0.0448. The minimum Gasteiger partial charge on any atom is -0.355 e. The van der Waals surface area contributed by atoms with Gasteiger partial charge in [0.1, 0.15) is 0 Å². The highest BCUT2D eigenvalue weighted by Gasteiger charge is 2.34. The average Bonchev–Trinajstić information content (AvgIpc) is 2.76. The van der Waals surface area contributed by atoms with Crippen LogP contribution >= 0.6 is 24.0 Å². The second-order valence-electron chi connectivity index (χ2n) is 5.15. The maximum atomic E-state index is 12.3. The van der Waals surface area contributed by atoms with Crippen molar-refractivity contribution in [1.82, 2.24) is 20.3 Å². The largest absolute Gasteiger partial charge is 0.401 e. The first-order chi connectivity index (χ1) is 10.1.